The topological polar surface area (TPSA) is 174 Å². The van der Waals surface area contributed by atoms with Crippen molar-refractivity contribution in [1.29, 1.82) is 0 Å². The molecule has 1 aliphatic heterocycles. The van der Waals surface area contributed by atoms with Gasteiger partial charge in [-0.2, -0.15) is 4.31 Å². The van der Waals surface area contributed by atoms with Crippen LogP contribution in [0.4, 0.5) is 22.0 Å². The Morgan fingerprint density at radius 2 is 1.66 bits per heavy atom. The lowest BCUT2D eigenvalue weighted by Crippen LogP contribution is -2.59. The molecule has 258 valence electrons. The molecule has 0 unspecified atom stereocenters. The standard InChI is InChI=1S/C18H21F3N6O6S.C10H13F2N/c1-11(2)16-22-23-24-26(16)10-15(28)25-7-8-27(14(9-25)17(29)30)34(31,32)13-5-3-12(4-6-13)33-18(19,20)21;1-2-10(11,12)9-5-3-8(7-13)4-6-9/h3-6,11,14H,7-10H2,1-2H3,(H,29,30);3-6H,2,7,13H2,1H3/t14-;/m1./s1. The number of rotatable bonds is 10. The number of ether oxygens (including phenoxy) is 1. The molecule has 0 aliphatic carbocycles. The van der Waals surface area contributed by atoms with Crippen molar-refractivity contribution < 1.29 is 49.8 Å². The molecule has 13 nitrogen and oxygen atoms in total. The number of aromatic nitrogens is 4. The number of piperazine rings is 1. The normalized spacial score (nSPS) is 16.0. The summed E-state index contributed by atoms with van der Waals surface area (Å²) in [5.41, 5.74) is 6.29. The third-order valence-corrected chi connectivity index (χ3v) is 8.97. The number of carboxylic acid groups (broad SMARTS) is 1. The number of benzene rings is 2. The van der Waals surface area contributed by atoms with Crippen LogP contribution in [-0.4, -0.2) is 86.9 Å². The molecule has 1 fully saturated rings. The fourth-order valence-corrected chi connectivity index (χ4v) is 6.05. The quantitative estimate of drug-likeness (QED) is 0.300. The Morgan fingerprint density at radius 1 is 1.04 bits per heavy atom. The maximum Gasteiger partial charge on any atom is 0.573 e. The van der Waals surface area contributed by atoms with Gasteiger partial charge in [0.15, 0.2) is 5.82 Å². The maximum atomic E-state index is 13.1. The van der Waals surface area contributed by atoms with Crippen LogP contribution in [0.1, 0.15) is 50.1 Å². The van der Waals surface area contributed by atoms with Gasteiger partial charge in [-0.05, 0) is 40.3 Å². The highest BCUT2D eigenvalue weighted by molar-refractivity contribution is 7.89. The minimum Gasteiger partial charge on any atom is -0.480 e. The molecule has 3 N–H and O–H groups in total. The molecule has 0 spiro atoms. The zero-order valence-corrected chi connectivity index (χ0v) is 26.4. The number of tetrazole rings is 1. The van der Waals surface area contributed by atoms with Gasteiger partial charge in [0, 0.05) is 44.1 Å². The van der Waals surface area contributed by atoms with Crippen molar-refractivity contribution in [1.82, 2.24) is 29.4 Å². The number of aliphatic carboxylic acids is 1. The molecular weight excluding hydrogens is 657 g/mol. The molecule has 3 aromatic rings. The molecule has 0 radical (unpaired) electrons. The molecule has 47 heavy (non-hydrogen) atoms. The second-order valence-corrected chi connectivity index (χ2v) is 12.5. The van der Waals surface area contributed by atoms with Gasteiger partial charge >= 0.3 is 12.3 Å². The summed E-state index contributed by atoms with van der Waals surface area (Å²) in [6.45, 7) is 4.41. The van der Waals surface area contributed by atoms with Gasteiger partial charge in [-0.25, -0.2) is 21.9 Å². The Kier molecular flexibility index (Phi) is 12.0. The second kappa shape index (κ2) is 15.1. The van der Waals surface area contributed by atoms with E-state index >= 15 is 0 Å². The van der Waals surface area contributed by atoms with Gasteiger partial charge in [0.1, 0.15) is 18.3 Å². The Labute approximate surface area is 267 Å². The van der Waals surface area contributed by atoms with Gasteiger partial charge in [0.2, 0.25) is 15.9 Å². The van der Waals surface area contributed by atoms with Crippen LogP contribution in [0.5, 0.6) is 5.75 Å². The summed E-state index contributed by atoms with van der Waals surface area (Å²) in [5, 5.41) is 20.8. The number of carbonyl (C=O) groups is 2. The largest absolute Gasteiger partial charge is 0.573 e. The predicted octanol–water partition coefficient (Wildman–Crippen LogP) is 3.33. The predicted molar refractivity (Wildman–Crippen MR) is 155 cm³/mol. The molecule has 4 rings (SSSR count). The van der Waals surface area contributed by atoms with Crippen LogP contribution in [-0.2, 0) is 38.6 Å². The number of sulfonamides is 1. The van der Waals surface area contributed by atoms with E-state index in [0.717, 1.165) is 29.8 Å². The van der Waals surface area contributed by atoms with Gasteiger partial charge in [-0.15, -0.1) is 18.3 Å². The zero-order valence-electron chi connectivity index (χ0n) is 25.6. The Bertz CT molecular complexity index is 1620. The van der Waals surface area contributed by atoms with E-state index in [1.54, 1.807) is 12.1 Å². The summed E-state index contributed by atoms with van der Waals surface area (Å²) < 4.78 is 94.9. The average molecular weight is 692 g/mol. The van der Waals surface area contributed by atoms with Crippen molar-refractivity contribution in [3.63, 3.8) is 0 Å². The molecule has 1 atom stereocenters. The number of carboxylic acids is 1. The fourth-order valence-electron chi connectivity index (χ4n) is 4.48. The lowest BCUT2D eigenvalue weighted by molar-refractivity contribution is -0.274. The van der Waals surface area contributed by atoms with Crippen molar-refractivity contribution in [3.05, 3.63) is 65.5 Å². The molecule has 1 aromatic heterocycles. The number of nitrogens with zero attached hydrogens (tertiary/aromatic N) is 6. The SMILES string of the molecule is CC(C)c1nnnn1CC(=O)N1CCN(S(=O)(=O)c2ccc(OC(F)(F)F)cc2)[C@@H](C(=O)O)C1.CCC(F)(F)c1ccc(CN)cc1. The fraction of sp³-hybridized carbons (Fsp3) is 0.464. The third-order valence-electron chi connectivity index (χ3n) is 7.05. The van der Waals surface area contributed by atoms with Crippen LogP contribution in [0.25, 0.3) is 0 Å². The van der Waals surface area contributed by atoms with E-state index in [2.05, 4.69) is 20.3 Å². The third kappa shape index (κ3) is 9.64. The zero-order chi connectivity index (χ0) is 35.2. The van der Waals surface area contributed by atoms with Crippen molar-refractivity contribution in [2.75, 3.05) is 19.6 Å². The number of hydrogen-bond donors (Lipinski definition) is 2. The number of halogens is 5. The summed E-state index contributed by atoms with van der Waals surface area (Å²) >= 11 is 0. The van der Waals surface area contributed by atoms with Gasteiger partial charge in [-0.3, -0.25) is 9.59 Å². The van der Waals surface area contributed by atoms with Crippen molar-refractivity contribution >= 4 is 21.9 Å². The van der Waals surface area contributed by atoms with Crippen molar-refractivity contribution in [2.45, 2.75) is 69.4 Å². The number of nitrogens with two attached hydrogens (primary N) is 1. The number of alkyl halides is 5. The number of amides is 1. The van der Waals surface area contributed by atoms with Crippen LogP contribution >= 0.6 is 0 Å². The Balaban J connectivity index is 0.000000386. The Hall–Kier alpha value is -4.23. The van der Waals surface area contributed by atoms with E-state index < -0.39 is 57.4 Å². The minimum atomic E-state index is -4.95. The highest BCUT2D eigenvalue weighted by Gasteiger charge is 2.42. The first-order valence-electron chi connectivity index (χ1n) is 14.2. The van der Waals surface area contributed by atoms with Crippen molar-refractivity contribution in [3.8, 4) is 5.75 Å². The molecule has 1 amide bonds. The van der Waals surface area contributed by atoms with Crippen LogP contribution in [0.3, 0.4) is 0 Å². The highest BCUT2D eigenvalue weighted by atomic mass is 32.2. The summed E-state index contributed by atoms with van der Waals surface area (Å²) in [4.78, 5) is 25.4. The molecule has 1 aliphatic rings. The van der Waals surface area contributed by atoms with E-state index in [4.69, 9.17) is 5.73 Å². The number of hydrogen-bond acceptors (Lipinski definition) is 9. The maximum absolute atomic E-state index is 13.1. The molecule has 19 heteroatoms. The summed E-state index contributed by atoms with van der Waals surface area (Å²) in [5.74, 6) is -4.92. The first-order chi connectivity index (χ1) is 21.9. The highest BCUT2D eigenvalue weighted by Crippen LogP contribution is 2.31. The van der Waals surface area contributed by atoms with E-state index in [1.807, 2.05) is 13.8 Å². The molecule has 2 aromatic carbocycles. The van der Waals surface area contributed by atoms with Crippen LogP contribution < -0.4 is 10.5 Å². The first-order valence-corrected chi connectivity index (χ1v) is 15.6. The first kappa shape index (κ1) is 37.2. The van der Waals surface area contributed by atoms with Crippen LogP contribution in [0.15, 0.2) is 53.4 Å². The van der Waals surface area contributed by atoms with E-state index in [1.165, 1.54) is 28.6 Å². The second-order valence-electron chi connectivity index (χ2n) is 10.6. The summed E-state index contributed by atoms with van der Waals surface area (Å²) in [6, 6.07) is 7.95. The van der Waals surface area contributed by atoms with Gasteiger partial charge in [-0.1, -0.05) is 45.0 Å². The van der Waals surface area contributed by atoms with E-state index in [9.17, 15) is 45.1 Å². The van der Waals surface area contributed by atoms with E-state index in [0.29, 0.717) is 16.7 Å². The van der Waals surface area contributed by atoms with Crippen LogP contribution in [0, 0.1) is 0 Å². The van der Waals surface area contributed by atoms with Gasteiger partial charge in [0.05, 0.1) is 4.90 Å². The average Bonchev–Trinajstić information content (AvgIpc) is 3.49. The molecule has 0 saturated carbocycles. The van der Waals surface area contributed by atoms with Gasteiger partial charge < -0.3 is 20.5 Å². The monoisotopic (exact) mass is 691 g/mol. The molecule has 2 heterocycles. The smallest absolute Gasteiger partial charge is 0.480 e. The molecule has 0 bridgehead atoms. The summed E-state index contributed by atoms with van der Waals surface area (Å²) in [7, 11) is -4.39. The molecule has 1 saturated heterocycles. The van der Waals surface area contributed by atoms with Crippen molar-refractivity contribution in [2.24, 2.45) is 5.73 Å². The van der Waals surface area contributed by atoms with E-state index in [-0.39, 0.29) is 37.5 Å². The lowest BCUT2D eigenvalue weighted by Gasteiger charge is -2.38. The lowest BCUT2D eigenvalue weighted by atomic mass is 10.0. The van der Waals surface area contributed by atoms with Gasteiger partial charge in [0.25, 0.3) is 5.92 Å². The number of carbonyl (C=O) groups excluding carboxylic acids is 1. The Morgan fingerprint density at radius 3 is 2.17 bits per heavy atom. The molecular formula is C28H34F5N7O6S. The summed E-state index contributed by atoms with van der Waals surface area (Å²) in [6.07, 6.45) is -5.12. The van der Waals surface area contributed by atoms with Crippen LogP contribution in [0.2, 0.25) is 0 Å². The minimum absolute atomic E-state index is 0.0622.